The lowest BCUT2D eigenvalue weighted by molar-refractivity contribution is 0.277. The summed E-state index contributed by atoms with van der Waals surface area (Å²) in [6, 6.07) is 8.25. The molecule has 1 fully saturated rings. The second-order valence-electron chi connectivity index (χ2n) is 4.93. The topological polar surface area (TPSA) is 35.2 Å². The number of ether oxygens (including phenoxy) is 1. The minimum Gasteiger partial charge on any atom is -0.493 e. The van der Waals surface area contributed by atoms with Crippen LogP contribution in [0.3, 0.4) is 0 Å². The van der Waals surface area contributed by atoms with E-state index in [1.54, 1.807) is 0 Å². The van der Waals surface area contributed by atoms with E-state index in [0.717, 1.165) is 24.7 Å². The van der Waals surface area contributed by atoms with Crippen LogP contribution >= 0.6 is 0 Å². The highest BCUT2D eigenvalue weighted by Gasteiger charge is 2.14. The van der Waals surface area contributed by atoms with Crippen LogP contribution in [0.4, 0.5) is 0 Å². The van der Waals surface area contributed by atoms with Crippen molar-refractivity contribution in [2.75, 3.05) is 13.2 Å². The second-order valence-corrected chi connectivity index (χ2v) is 4.93. The van der Waals surface area contributed by atoms with Crippen molar-refractivity contribution in [2.24, 2.45) is 11.7 Å². The Balaban J connectivity index is 1.80. The molecule has 94 valence electrons. The van der Waals surface area contributed by atoms with Gasteiger partial charge in [-0.1, -0.05) is 43.9 Å². The van der Waals surface area contributed by atoms with Crippen molar-refractivity contribution in [2.45, 2.75) is 38.5 Å². The summed E-state index contributed by atoms with van der Waals surface area (Å²) in [5.74, 6) is 1.92. The predicted molar refractivity (Wildman–Crippen MR) is 71.3 cm³/mol. The van der Waals surface area contributed by atoms with Crippen molar-refractivity contribution in [1.29, 1.82) is 0 Å². The molecule has 1 saturated carbocycles. The summed E-state index contributed by atoms with van der Waals surface area (Å²) in [7, 11) is 0. The molecule has 1 aliphatic rings. The molecule has 1 aliphatic carbocycles. The highest BCUT2D eigenvalue weighted by Crippen LogP contribution is 2.28. The van der Waals surface area contributed by atoms with E-state index < -0.39 is 0 Å². The molecule has 2 N–H and O–H groups in total. The molecule has 0 amide bonds. The summed E-state index contributed by atoms with van der Waals surface area (Å²) >= 11 is 0. The Morgan fingerprint density at radius 2 is 1.94 bits per heavy atom. The Hall–Kier alpha value is -1.02. The fraction of sp³-hybridized carbons (Fsp3) is 0.600. The molecule has 2 rings (SSSR count). The lowest BCUT2D eigenvalue weighted by Crippen LogP contribution is -2.08. The average Bonchev–Trinajstić information content (AvgIpc) is 2.85. The van der Waals surface area contributed by atoms with Crippen LogP contribution in [0, 0.1) is 5.92 Å². The van der Waals surface area contributed by atoms with Crippen LogP contribution in [0.1, 0.15) is 37.7 Å². The first-order chi connectivity index (χ1) is 8.40. The second kappa shape index (κ2) is 6.65. The third-order valence-corrected chi connectivity index (χ3v) is 3.64. The zero-order valence-electron chi connectivity index (χ0n) is 10.5. The molecule has 0 saturated heterocycles. The van der Waals surface area contributed by atoms with Gasteiger partial charge in [-0.05, 0) is 36.9 Å². The number of nitrogens with two attached hydrogens (primary N) is 1. The first-order valence-corrected chi connectivity index (χ1v) is 6.81. The minimum atomic E-state index is 0.684. The van der Waals surface area contributed by atoms with E-state index in [0.29, 0.717) is 6.54 Å². The highest BCUT2D eigenvalue weighted by molar-refractivity contribution is 5.33. The lowest BCUT2D eigenvalue weighted by atomic mass is 10.1. The molecule has 17 heavy (non-hydrogen) atoms. The van der Waals surface area contributed by atoms with Crippen molar-refractivity contribution in [3.63, 3.8) is 0 Å². The van der Waals surface area contributed by atoms with E-state index in [2.05, 4.69) is 18.2 Å². The maximum absolute atomic E-state index is 5.90. The van der Waals surface area contributed by atoms with Gasteiger partial charge in [0.1, 0.15) is 5.75 Å². The SMILES string of the molecule is NCCc1ccccc1OCCC1CCCC1. The van der Waals surface area contributed by atoms with Gasteiger partial charge in [0, 0.05) is 0 Å². The number of hydrogen-bond donors (Lipinski definition) is 1. The van der Waals surface area contributed by atoms with E-state index >= 15 is 0 Å². The van der Waals surface area contributed by atoms with Crippen molar-refractivity contribution in [3.05, 3.63) is 29.8 Å². The van der Waals surface area contributed by atoms with Crippen molar-refractivity contribution in [3.8, 4) is 5.75 Å². The molecule has 0 unspecified atom stereocenters. The van der Waals surface area contributed by atoms with Crippen LogP contribution in [0.2, 0.25) is 0 Å². The molecule has 0 aromatic heterocycles. The summed E-state index contributed by atoms with van der Waals surface area (Å²) in [5, 5.41) is 0. The van der Waals surface area contributed by atoms with E-state index in [-0.39, 0.29) is 0 Å². The molecule has 2 heteroatoms. The Bertz CT molecular complexity index is 331. The zero-order chi connectivity index (χ0) is 11.9. The van der Waals surface area contributed by atoms with Gasteiger partial charge in [0.05, 0.1) is 6.61 Å². The van der Waals surface area contributed by atoms with Gasteiger partial charge in [-0.15, -0.1) is 0 Å². The van der Waals surface area contributed by atoms with Crippen LogP contribution < -0.4 is 10.5 Å². The van der Waals surface area contributed by atoms with Gasteiger partial charge in [-0.3, -0.25) is 0 Å². The summed E-state index contributed by atoms with van der Waals surface area (Å²) in [6.45, 7) is 1.54. The number of rotatable bonds is 6. The summed E-state index contributed by atoms with van der Waals surface area (Å²) in [4.78, 5) is 0. The summed E-state index contributed by atoms with van der Waals surface area (Å²) < 4.78 is 5.90. The normalized spacial score (nSPS) is 16.3. The molecule has 0 radical (unpaired) electrons. The van der Waals surface area contributed by atoms with E-state index in [1.165, 1.54) is 37.7 Å². The highest BCUT2D eigenvalue weighted by atomic mass is 16.5. The third kappa shape index (κ3) is 3.74. The average molecular weight is 233 g/mol. The van der Waals surface area contributed by atoms with E-state index in [9.17, 15) is 0 Å². The molecular weight excluding hydrogens is 210 g/mol. The largest absolute Gasteiger partial charge is 0.493 e. The monoisotopic (exact) mass is 233 g/mol. The maximum Gasteiger partial charge on any atom is 0.122 e. The van der Waals surface area contributed by atoms with Crippen LogP contribution in [0.15, 0.2) is 24.3 Å². The molecule has 1 aromatic rings. The number of hydrogen-bond acceptors (Lipinski definition) is 2. The Labute approximate surface area is 104 Å². The standard InChI is InChI=1S/C15H23NO/c16-11-9-14-7-3-4-8-15(14)17-12-10-13-5-1-2-6-13/h3-4,7-8,13H,1-2,5-6,9-12,16H2. The third-order valence-electron chi connectivity index (χ3n) is 3.64. The van der Waals surface area contributed by atoms with Gasteiger partial charge in [0.15, 0.2) is 0 Å². The molecule has 1 aromatic carbocycles. The number of para-hydroxylation sites is 1. The molecular formula is C15H23NO. The van der Waals surface area contributed by atoms with E-state index in [1.807, 2.05) is 6.07 Å². The maximum atomic E-state index is 5.90. The quantitative estimate of drug-likeness (QED) is 0.819. The van der Waals surface area contributed by atoms with Gasteiger partial charge >= 0.3 is 0 Å². The Morgan fingerprint density at radius 3 is 2.71 bits per heavy atom. The van der Waals surface area contributed by atoms with Crippen LogP contribution in [-0.4, -0.2) is 13.2 Å². The lowest BCUT2D eigenvalue weighted by Gasteiger charge is -2.13. The zero-order valence-corrected chi connectivity index (χ0v) is 10.5. The smallest absolute Gasteiger partial charge is 0.122 e. The van der Waals surface area contributed by atoms with Gasteiger partial charge < -0.3 is 10.5 Å². The summed E-state index contributed by atoms with van der Waals surface area (Å²) in [6.07, 6.45) is 7.72. The Kier molecular flexibility index (Phi) is 4.87. The fourth-order valence-corrected chi connectivity index (χ4v) is 2.64. The Morgan fingerprint density at radius 1 is 1.18 bits per heavy atom. The van der Waals surface area contributed by atoms with Crippen LogP contribution in [-0.2, 0) is 6.42 Å². The first kappa shape index (κ1) is 12.4. The van der Waals surface area contributed by atoms with Gasteiger partial charge in [-0.25, -0.2) is 0 Å². The summed E-state index contributed by atoms with van der Waals surface area (Å²) in [5.41, 5.74) is 6.84. The van der Waals surface area contributed by atoms with Gasteiger partial charge in [0.2, 0.25) is 0 Å². The molecule has 0 heterocycles. The van der Waals surface area contributed by atoms with Crippen molar-refractivity contribution in [1.82, 2.24) is 0 Å². The fourth-order valence-electron chi connectivity index (χ4n) is 2.64. The molecule has 0 atom stereocenters. The van der Waals surface area contributed by atoms with E-state index in [4.69, 9.17) is 10.5 Å². The molecule has 0 bridgehead atoms. The molecule has 0 aliphatic heterocycles. The molecule has 2 nitrogen and oxygen atoms in total. The van der Waals surface area contributed by atoms with Gasteiger partial charge in [0.25, 0.3) is 0 Å². The van der Waals surface area contributed by atoms with Crippen molar-refractivity contribution < 1.29 is 4.74 Å². The number of benzene rings is 1. The first-order valence-electron chi connectivity index (χ1n) is 6.81. The van der Waals surface area contributed by atoms with Gasteiger partial charge in [-0.2, -0.15) is 0 Å². The van der Waals surface area contributed by atoms with Crippen LogP contribution in [0.5, 0.6) is 5.75 Å². The molecule has 0 spiro atoms. The minimum absolute atomic E-state index is 0.684. The predicted octanol–water partition coefficient (Wildman–Crippen LogP) is 3.15. The van der Waals surface area contributed by atoms with Crippen LogP contribution in [0.25, 0.3) is 0 Å². The van der Waals surface area contributed by atoms with Crippen molar-refractivity contribution >= 4 is 0 Å².